The Balaban J connectivity index is 1.86. The summed E-state index contributed by atoms with van der Waals surface area (Å²) >= 11 is 0. The second kappa shape index (κ2) is 8.78. The molecule has 0 amide bonds. The molecule has 4 rings (SSSR count). The molecule has 1 heterocycles. The quantitative estimate of drug-likeness (QED) is 0.576. The van der Waals surface area contributed by atoms with E-state index in [-0.39, 0.29) is 6.04 Å². The summed E-state index contributed by atoms with van der Waals surface area (Å²) in [6, 6.07) is 17.5. The van der Waals surface area contributed by atoms with Gasteiger partial charge in [-0.2, -0.15) is 0 Å². The van der Waals surface area contributed by atoms with Crippen LogP contribution in [0, 0.1) is 0 Å². The smallest absolute Gasteiger partial charge is 0.0969 e. The second-order valence-corrected chi connectivity index (χ2v) is 7.63. The predicted molar refractivity (Wildman–Crippen MR) is 130 cm³/mol. The number of anilines is 3. The number of nitrogens with zero attached hydrogens (tertiary/aromatic N) is 4. The zero-order valence-electron chi connectivity index (χ0n) is 18.5. The van der Waals surface area contributed by atoms with Crippen molar-refractivity contribution < 1.29 is 0 Å². The van der Waals surface area contributed by atoms with Crippen molar-refractivity contribution in [3.8, 4) is 0 Å². The SMILES string of the molecule is CCN(CC)C1=CC2C(=Nc3ccc(N(CC)CC)cc3N2c2ccccc2)C=C1. The van der Waals surface area contributed by atoms with Crippen molar-refractivity contribution in [2.45, 2.75) is 33.7 Å². The van der Waals surface area contributed by atoms with E-state index in [0.717, 1.165) is 37.6 Å². The zero-order valence-corrected chi connectivity index (χ0v) is 18.5. The number of benzene rings is 2. The standard InChI is InChI=1S/C26H32N4/c1-5-28(6-2)21-14-16-23-25(18-21)30(20-12-10-9-11-13-20)26-19-22(29(7-3)8-4)15-17-24(26)27-23/h9-19,25H,5-8H2,1-4H3. The van der Waals surface area contributed by atoms with Crippen LogP contribution in [0.5, 0.6) is 0 Å². The van der Waals surface area contributed by atoms with Crippen molar-refractivity contribution in [3.63, 3.8) is 0 Å². The lowest BCUT2D eigenvalue weighted by Gasteiger charge is -2.39. The van der Waals surface area contributed by atoms with Crippen molar-refractivity contribution in [1.29, 1.82) is 0 Å². The monoisotopic (exact) mass is 400 g/mol. The van der Waals surface area contributed by atoms with E-state index in [4.69, 9.17) is 4.99 Å². The molecule has 1 aliphatic carbocycles. The molecule has 0 saturated carbocycles. The van der Waals surface area contributed by atoms with Gasteiger partial charge in [0.05, 0.1) is 23.1 Å². The van der Waals surface area contributed by atoms with Gasteiger partial charge >= 0.3 is 0 Å². The molecule has 0 saturated heterocycles. The minimum atomic E-state index is 0.0902. The molecule has 0 bridgehead atoms. The van der Waals surface area contributed by atoms with Crippen LogP contribution in [0.25, 0.3) is 0 Å². The van der Waals surface area contributed by atoms with E-state index in [1.165, 1.54) is 22.8 Å². The van der Waals surface area contributed by atoms with Gasteiger partial charge in [0, 0.05) is 43.3 Å². The summed E-state index contributed by atoms with van der Waals surface area (Å²) in [7, 11) is 0. The van der Waals surface area contributed by atoms with Gasteiger partial charge in [-0.05, 0) is 76.3 Å². The molecule has 1 atom stereocenters. The molecule has 1 unspecified atom stereocenters. The van der Waals surface area contributed by atoms with Gasteiger partial charge in [-0.3, -0.25) is 0 Å². The van der Waals surface area contributed by atoms with E-state index < -0.39 is 0 Å². The van der Waals surface area contributed by atoms with E-state index in [1.807, 2.05) is 0 Å². The number of aliphatic imine (C=N–C) groups is 1. The Bertz CT molecular complexity index is 966. The molecule has 0 radical (unpaired) electrons. The molecule has 0 fully saturated rings. The first-order chi connectivity index (χ1) is 14.7. The number of hydrogen-bond donors (Lipinski definition) is 0. The minimum Gasteiger partial charge on any atom is -0.372 e. The van der Waals surface area contributed by atoms with Gasteiger partial charge in [0.25, 0.3) is 0 Å². The number of fused-ring (bicyclic) bond motifs is 2. The maximum Gasteiger partial charge on any atom is 0.0969 e. The van der Waals surface area contributed by atoms with Crippen LogP contribution in [-0.2, 0) is 0 Å². The Hall–Kier alpha value is -3.01. The molecular weight excluding hydrogens is 368 g/mol. The van der Waals surface area contributed by atoms with Gasteiger partial charge in [0.15, 0.2) is 0 Å². The van der Waals surface area contributed by atoms with Crippen LogP contribution in [0.1, 0.15) is 27.7 Å². The Morgan fingerprint density at radius 1 is 0.833 bits per heavy atom. The fraction of sp³-hybridized carbons (Fsp3) is 0.346. The van der Waals surface area contributed by atoms with Gasteiger partial charge in [-0.15, -0.1) is 0 Å². The number of hydrogen-bond acceptors (Lipinski definition) is 4. The average Bonchev–Trinajstić information content (AvgIpc) is 2.79. The number of likely N-dealkylation sites (N-methyl/N-ethyl adjacent to an activating group) is 1. The average molecular weight is 401 g/mol. The van der Waals surface area contributed by atoms with Gasteiger partial charge in [-0.25, -0.2) is 4.99 Å². The number of allylic oxidation sites excluding steroid dienone is 1. The highest BCUT2D eigenvalue weighted by atomic mass is 15.2. The van der Waals surface area contributed by atoms with Crippen LogP contribution < -0.4 is 9.80 Å². The highest BCUT2D eigenvalue weighted by Gasteiger charge is 2.31. The summed E-state index contributed by atoms with van der Waals surface area (Å²) in [5, 5.41) is 0. The van der Waals surface area contributed by atoms with Gasteiger partial charge in [0.1, 0.15) is 0 Å². The van der Waals surface area contributed by atoms with Crippen LogP contribution in [0.15, 0.2) is 77.4 Å². The van der Waals surface area contributed by atoms with Crippen molar-refractivity contribution in [3.05, 3.63) is 72.5 Å². The normalized spacial score (nSPS) is 17.1. The fourth-order valence-corrected chi connectivity index (χ4v) is 4.44. The lowest BCUT2D eigenvalue weighted by Crippen LogP contribution is -2.41. The molecule has 1 aliphatic heterocycles. The summed E-state index contributed by atoms with van der Waals surface area (Å²) in [6.45, 7) is 12.8. The van der Waals surface area contributed by atoms with Crippen LogP contribution in [0.2, 0.25) is 0 Å². The maximum atomic E-state index is 5.05. The summed E-state index contributed by atoms with van der Waals surface area (Å²) in [4.78, 5) is 12.3. The Labute approximate surface area is 180 Å². The van der Waals surface area contributed by atoms with E-state index >= 15 is 0 Å². The van der Waals surface area contributed by atoms with Crippen LogP contribution in [-0.4, -0.2) is 42.8 Å². The van der Waals surface area contributed by atoms with Crippen LogP contribution in [0.3, 0.4) is 0 Å². The first-order valence-electron chi connectivity index (χ1n) is 11.2. The highest BCUT2D eigenvalue weighted by molar-refractivity contribution is 6.10. The summed E-state index contributed by atoms with van der Waals surface area (Å²) < 4.78 is 0. The summed E-state index contributed by atoms with van der Waals surface area (Å²) in [6.07, 6.45) is 6.77. The molecular formula is C26H32N4. The molecule has 2 aromatic carbocycles. The van der Waals surface area contributed by atoms with Crippen molar-refractivity contribution in [2.24, 2.45) is 4.99 Å². The number of rotatable bonds is 7. The molecule has 0 N–H and O–H groups in total. The molecule has 4 heteroatoms. The van der Waals surface area contributed by atoms with Gasteiger partial charge in [0.2, 0.25) is 0 Å². The van der Waals surface area contributed by atoms with E-state index in [2.05, 4.69) is 109 Å². The van der Waals surface area contributed by atoms with Crippen LogP contribution in [0.4, 0.5) is 22.7 Å². The summed E-state index contributed by atoms with van der Waals surface area (Å²) in [5.41, 5.74) is 7.01. The number of para-hydroxylation sites is 1. The molecule has 2 aliphatic rings. The zero-order chi connectivity index (χ0) is 21.1. The van der Waals surface area contributed by atoms with E-state index in [9.17, 15) is 0 Å². The predicted octanol–water partition coefficient (Wildman–Crippen LogP) is 5.92. The third-order valence-corrected chi connectivity index (χ3v) is 6.09. The lowest BCUT2D eigenvalue weighted by molar-refractivity contribution is 0.392. The third-order valence-electron chi connectivity index (χ3n) is 6.09. The van der Waals surface area contributed by atoms with Crippen LogP contribution >= 0.6 is 0 Å². The molecule has 0 aromatic heterocycles. The van der Waals surface area contributed by atoms with Gasteiger partial charge in [-0.1, -0.05) is 18.2 Å². The van der Waals surface area contributed by atoms with Crippen molar-refractivity contribution in [2.75, 3.05) is 36.0 Å². The van der Waals surface area contributed by atoms with Gasteiger partial charge < -0.3 is 14.7 Å². The largest absolute Gasteiger partial charge is 0.372 e. The van der Waals surface area contributed by atoms with E-state index in [0.29, 0.717) is 0 Å². The highest BCUT2D eigenvalue weighted by Crippen LogP contribution is 2.43. The fourth-order valence-electron chi connectivity index (χ4n) is 4.44. The molecule has 156 valence electrons. The van der Waals surface area contributed by atoms with E-state index in [1.54, 1.807) is 0 Å². The Morgan fingerprint density at radius 3 is 2.20 bits per heavy atom. The first-order valence-corrected chi connectivity index (χ1v) is 11.2. The molecule has 2 aromatic rings. The first kappa shape index (κ1) is 20.3. The van der Waals surface area contributed by atoms with Crippen molar-refractivity contribution >= 4 is 28.5 Å². The third kappa shape index (κ3) is 3.62. The maximum absolute atomic E-state index is 5.05. The second-order valence-electron chi connectivity index (χ2n) is 7.63. The molecule has 4 nitrogen and oxygen atoms in total. The minimum absolute atomic E-state index is 0.0902. The van der Waals surface area contributed by atoms with Crippen molar-refractivity contribution in [1.82, 2.24) is 4.90 Å². The Kier molecular flexibility index (Phi) is 5.93. The molecule has 0 spiro atoms. The lowest BCUT2D eigenvalue weighted by atomic mass is 9.97. The topological polar surface area (TPSA) is 22.1 Å². The molecule has 30 heavy (non-hydrogen) atoms. The Morgan fingerprint density at radius 2 is 1.53 bits per heavy atom. The summed E-state index contributed by atoms with van der Waals surface area (Å²) in [5.74, 6) is 0.